The fourth-order valence-electron chi connectivity index (χ4n) is 2.96. The van der Waals surface area contributed by atoms with E-state index in [0.717, 1.165) is 17.0 Å². The van der Waals surface area contributed by atoms with Crippen molar-refractivity contribution in [2.45, 2.75) is 26.9 Å². The van der Waals surface area contributed by atoms with Gasteiger partial charge < -0.3 is 10.1 Å². The Bertz CT molecular complexity index is 1280. The number of nitrogens with one attached hydrogen (secondary N) is 1. The molecule has 2 aromatic carbocycles. The topological polar surface area (TPSA) is 85.6 Å². The van der Waals surface area contributed by atoms with Gasteiger partial charge in [0.2, 0.25) is 4.96 Å². The van der Waals surface area contributed by atoms with Gasteiger partial charge in [0, 0.05) is 23.4 Å². The molecule has 7 nitrogen and oxygen atoms in total. The highest BCUT2D eigenvalue weighted by Gasteiger charge is 2.10. The second-order valence-electron chi connectivity index (χ2n) is 6.72. The molecular weight excluding hydrogens is 400 g/mol. The van der Waals surface area contributed by atoms with Crippen LogP contribution in [-0.4, -0.2) is 20.5 Å². The first-order valence-electron chi connectivity index (χ1n) is 9.52. The Morgan fingerprint density at radius 3 is 2.80 bits per heavy atom. The van der Waals surface area contributed by atoms with Gasteiger partial charge in [0.1, 0.15) is 17.4 Å². The zero-order valence-corrected chi connectivity index (χ0v) is 17.4. The summed E-state index contributed by atoms with van der Waals surface area (Å²) < 4.78 is 7.12. The molecule has 0 aliphatic heterocycles. The van der Waals surface area contributed by atoms with Crippen LogP contribution < -0.4 is 15.6 Å². The number of fused-ring (bicyclic) bond motifs is 1. The Balaban J connectivity index is 1.47. The summed E-state index contributed by atoms with van der Waals surface area (Å²) in [6, 6.07) is 16.0. The molecule has 8 heteroatoms. The number of carbonyl (C=O) groups is 1. The first-order chi connectivity index (χ1) is 14.5. The average Bonchev–Trinajstić information content (AvgIpc) is 3.17. The Morgan fingerprint density at radius 2 is 2.00 bits per heavy atom. The zero-order valence-electron chi connectivity index (χ0n) is 16.6. The summed E-state index contributed by atoms with van der Waals surface area (Å²) in [5.41, 5.74) is 2.45. The van der Waals surface area contributed by atoms with Crippen LogP contribution in [0.3, 0.4) is 0 Å². The van der Waals surface area contributed by atoms with Crippen molar-refractivity contribution < 1.29 is 9.53 Å². The van der Waals surface area contributed by atoms with Gasteiger partial charge in [0.25, 0.3) is 11.5 Å². The van der Waals surface area contributed by atoms with Crippen molar-refractivity contribution in [3.63, 3.8) is 0 Å². The standard InChI is InChI=1S/C22H20N4O3S/c1-3-19-25-26-20(27)12-16(24-22(26)30-19)13-29-17-9-6-8-15(11-17)23-21(28)18-10-5-4-7-14(18)2/h4-12H,3,13H2,1-2H3,(H,23,28). The molecule has 0 spiro atoms. The maximum absolute atomic E-state index is 12.5. The molecule has 152 valence electrons. The van der Waals surface area contributed by atoms with Gasteiger partial charge in [-0.15, -0.1) is 0 Å². The second-order valence-corrected chi connectivity index (χ2v) is 7.76. The number of anilines is 1. The number of carbonyl (C=O) groups excluding carboxylic acids is 1. The van der Waals surface area contributed by atoms with Crippen molar-refractivity contribution >= 4 is 27.9 Å². The predicted octanol–water partition coefficient (Wildman–Crippen LogP) is 3.85. The van der Waals surface area contributed by atoms with Gasteiger partial charge in [0.05, 0.1) is 5.69 Å². The summed E-state index contributed by atoms with van der Waals surface area (Å²) in [4.78, 5) is 29.8. The van der Waals surface area contributed by atoms with E-state index in [-0.39, 0.29) is 18.1 Å². The molecule has 1 N–H and O–H groups in total. The fourth-order valence-corrected chi connectivity index (χ4v) is 3.82. The lowest BCUT2D eigenvalue weighted by molar-refractivity contribution is 0.102. The predicted molar refractivity (Wildman–Crippen MR) is 116 cm³/mol. The Hall–Kier alpha value is -3.52. The quantitative estimate of drug-likeness (QED) is 0.512. The third kappa shape index (κ3) is 4.23. The average molecular weight is 420 g/mol. The maximum Gasteiger partial charge on any atom is 0.275 e. The van der Waals surface area contributed by atoms with E-state index in [1.165, 1.54) is 21.9 Å². The van der Waals surface area contributed by atoms with E-state index >= 15 is 0 Å². The van der Waals surface area contributed by atoms with E-state index < -0.39 is 0 Å². The highest BCUT2D eigenvalue weighted by molar-refractivity contribution is 7.16. The van der Waals surface area contributed by atoms with Crippen LogP contribution in [0.25, 0.3) is 4.96 Å². The third-order valence-electron chi connectivity index (χ3n) is 4.51. The monoisotopic (exact) mass is 420 g/mol. The fraction of sp³-hybridized carbons (Fsp3) is 0.182. The van der Waals surface area contributed by atoms with Gasteiger partial charge in [0.15, 0.2) is 0 Å². The first-order valence-corrected chi connectivity index (χ1v) is 10.3. The lowest BCUT2D eigenvalue weighted by atomic mass is 10.1. The van der Waals surface area contributed by atoms with Gasteiger partial charge in [-0.25, -0.2) is 4.98 Å². The van der Waals surface area contributed by atoms with Crippen molar-refractivity contribution in [1.29, 1.82) is 0 Å². The van der Waals surface area contributed by atoms with E-state index in [2.05, 4.69) is 15.4 Å². The molecule has 0 aliphatic rings. The summed E-state index contributed by atoms with van der Waals surface area (Å²) >= 11 is 1.39. The van der Waals surface area contributed by atoms with E-state index in [0.29, 0.717) is 27.7 Å². The van der Waals surface area contributed by atoms with Crippen LogP contribution in [0.1, 0.15) is 33.5 Å². The number of amides is 1. The number of aryl methyl sites for hydroxylation is 2. The number of nitrogens with zero attached hydrogens (tertiary/aromatic N) is 3. The SMILES string of the molecule is CCc1nn2c(=O)cc(COc3cccc(NC(=O)c4ccccc4C)c3)nc2s1. The molecule has 30 heavy (non-hydrogen) atoms. The molecule has 0 aliphatic carbocycles. The van der Waals surface area contributed by atoms with E-state index in [4.69, 9.17) is 4.74 Å². The Morgan fingerprint density at radius 1 is 1.17 bits per heavy atom. The minimum atomic E-state index is -0.228. The highest BCUT2D eigenvalue weighted by Crippen LogP contribution is 2.20. The second kappa shape index (κ2) is 8.46. The van der Waals surface area contributed by atoms with Gasteiger partial charge in [-0.2, -0.15) is 9.61 Å². The molecule has 0 unspecified atom stereocenters. The van der Waals surface area contributed by atoms with Crippen molar-refractivity contribution in [2.75, 3.05) is 5.32 Å². The lowest BCUT2D eigenvalue weighted by Crippen LogP contribution is -2.16. The minimum Gasteiger partial charge on any atom is -0.487 e. The maximum atomic E-state index is 12.5. The molecule has 0 fully saturated rings. The number of aromatic nitrogens is 3. The van der Waals surface area contributed by atoms with E-state index in [9.17, 15) is 9.59 Å². The third-order valence-corrected chi connectivity index (χ3v) is 5.56. The van der Waals surface area contributed by atoms with Crippen molar-refractivity contribution in [2.24, 2.45) is 0 Å². The van der Waals surface area contributed by atoms with Crippen LogP contribution in [0.4, 0.5) is 5.69 Å². The Kier molecular flexibility index (Phi) is 5.58. The van der Waals surface area contributed by atoms with Gasteiger partial charge in [-0.1, -0.05) is 42.5 Å². The molecule has 4 aromatic rings. The van der Waals surface area contributed by atoms with Gasteiger partial charge in [-0.05, 0) is 37.1 Å². The van der Waals surface area contributed by atoms with Crippen LogP contribution in [0.2, 0.25) is 0 Å². The van der Waals surface area contributed by atoms with E-state index in [1.807, 2.05) is 32.0 Å². The van der Waals surface area contributed by atoms with Crippen LogP contribution in [0.5, 0.6) is 5.75 Å². The summed E-state index contributed by atoms with van der Waals surface area (Å²) in [5.74, 6) is 0.389. The van der Waals surface area contributed by atoms with Crippen LogP contribution in [0.15, 0.2) is 59.4 Å². The normalized spacial score (nSPS) is 10.9. The van der Waals surface area contributed by atoms with Crippen LogP contribution in [0, 0.1) is 6.92 Å². The largest absolute Gasteiger partial charge is 0.487 e. The molecular formula is C22H20N4O3S. The summed E-state index contributed by atoms with van der Waals surface area (Å²) in [5, 5.41) is 7.98. The number of ether oxygens (including phenoxy) is 1. The van der Waals surface area contributed by atoms with Crippen molar-refractivity contribution in [1.82, 2.24) is 14.6 Å². The molecule has 0 saturated carbocycles. The van der Waals surface area contributed by atoms with Gasteiger partial charge in [-0.3, -0.25) is 9.59 Å². The smallest absolute Gasteiger partial charge is 0.275 e. The number of hydrogen-bond donors (Lipinski definition) is 1. The summed E-state index contributed by atoms with van der Waals surface area (Å²) in [6.45, 7) is 4.02. The number of rotatable bonds is 6. The van der Waals surface area contributed by atoms with Crippen LogP contribution in [-0.2, 0) is 13.0 Å². The van der Waals surface area contributed by atoms with Crippen molar-refractivity contribution in [3.05, 3.63) is 86.8 Å². The Labute approximate surface area is 177 Å². The lowest BCUT2D eigenvalue weighted by Gasteiger charge is -2.10. The molecule has 4 rings (SSSR count). The molecule has 2 aromatic heterocycles. The molecule has 2 heterocycles. The molecule has 0 saturated heterocycles. The minimum absolute atomic E-state index is 0.139. The molecule has 1 amide bonds. The van der Waals surface area contributed by atoms with Crippen LogP contribution >= 0.6 is 11.3 Å². The van der Waals surface area contributed by atoms with Gasteiger partial charge >= 0.3 is 0 Å². The zero-order chi connectivity index (χ0) is 21.1. The summed E-state index contributed by atoms with van der Waals surface area (Å²) in [7, 11) is 0. The highest BCUT2D eigenvalue weighted by atomic mass is 32.1. The summed E-state index contributed by atoms with van der Waals surface area (Å²) in [6.07, 6.45) is 0.750. The molecule has 0 atom stereocenters. The number of hydrogen-bond acceptors (Lipinski definition) is 6. The molecule has 0 bridgehead atoms. The molecule has 0 radical (unpaired) electrons. The van der Waals surface area contributed by atoms with E-state index in [1.54, 1.807) is 30.3 Å². The first kappa shape index (κ1) is 19.8. The number of benzene rings is 2. The van der Waals surface area contributed by atoms with Crippen molar-refractivity contribution in [3.8, 4) is 5.75 Å².